The van der Waals surface area contributed by atoms with Crippen molar-refractivity contribution in [3.63, 3.8) is 0 Å². The van der Waals surface area contributed by atoms with Gasteiger partial charge < -0.3 is 28.6 Å². The first kappa shape index (κ1) is 54.2. The fourth-order valence-electron chi connectivity index (χ4n) is 8.52. The molecule has 1 aliphatic heterocycles. The molecule has 0 aromatic heterocycles. The molecular weight excluding hydrogens is 775 g/mol. The molecule has 0 N–H and O–H groups in total. The highest BCUT2D eigenvalue weighted by Gasteiger charge is 2.40. The number of rotatable bonds is 35. The number of unbranched alkanes of at least 4 members (excludes halogenated alkanes) is 10. The molecule has 1 aliphatic carbocycles. The molecule has 2 fully saturated rings. The lowest BCUT2D eigenvalue weighted by molar-refractivity contribution is -0.158. The Morgan fingerprint density at radius 1 is 0.607 bits per heavy atom. The first-order valence-electron chi connectivity index (χ1n) is 24.8. The van der Waals surface area contributed by atoms with E-state index in [4.69, 9.17) is 23.7 Å². The Morgan fingerprint density at radius 2 is 1.18 bits per heavy atom. The summed E-state index contributed by atoms with van der Waals surface area (Å²) in [5.74, 6) is -1.09. The number of carbonyl (C=O) groups is 5. The largest absolute Gasteiger partial charge is 0.466 e. The van der Waals surface area contributed by atoms with Crippen LogP contribution >= 0.6 is 0 Å². The zero-order valence-corrected chi connectivity index (χ0v) is 39.3. The molecular formula is C50H87NO10. The number of hydrogen-bond donors (Lipinski definition) is 0. The van der Waals surface area contributed by atoms with E-state index >= 15 is 0 Å². The third kappa shape index (κ3) is 25.7. The van der Waals surface area contributed by atoms with Gasteiger partial charge >= 0.3 is 29.8 Å². The number of carbonyl (C=O) groups excluding carboxylic acids is 5. The van der Waals surface area contributed by atoms with E-state index in [1.54, 1.807) is 0 Å². The molecule has 352 valence electrons. The maximum absolute atomic E-state index is 13.2. The van der Waals surface area contributed by atoms with Crippen LogP contribution in [0.4, 0.5) is 0 Å². The molecule has 1 heterocycles. The average molecular weight is 862 g/mol. The molecule has 4 unspecified atom stereocenters. The van der Waals surface area contributed by atoms with E-state index in [2.05, 4.69) is 51.8 Å². The summed E-state index contributed by atoms with van der Waals surface area (Å²) in [6.45, 7) is 10.9. The second-order valence-corrected chi connectivity index (χ2v) is 17.9. The van der Waals surface area contributed by atoms with Crippen LogP contribution < -0.4 is 0 Å². The van der Waals surface area contributed by atoms with Crippen LogP contribution in [0.2, 0.25) is 0 Å². The van der Waals surface area contributed by atoms with Crippen molar-refractivity contribution in [3.8, 4) is 0 Å². The van der Waals surface area contributed by atoms with Crippen molar-refractivity contribution in [1.82, 2.24) is 4.90 Å². The molecule has 0 aromatic rings. The Morgan fingerprint density at radius 3 is 1.82 bits per heavy atom. The van der Waals surface area contributed by atoms with E-state index < -0.39 is 0 Å². The minimum absolute atomic E-state index is 0.0523. The van der Waals surface area contributed by atoms with Gasteiger partial charge in [-0.05, 0) is 103 Å². The van der Waals surface area contributed by atoms with Gasteiger partial charge in [0.2, 0.25) is 0 Å². The van der Waals surface area contributed by atoms with Crippen molar-refractivity contribution >= 4 is 29.8 Å². The normalized spacial score (nSPS) is 19.0. The van der Waals surface area contributed by atoms with Gasteiger partial charge in [-0.1, -0.05) is 104 Å². The number of allylic oxidation sites excluding steroid dienone is 2. The summed E-state index contributed by atoms with van der Waals surface area (Å²) in [5, 5.41) is 0. The van der Waals surface area contributed by atoms with Gasteiger partial charge in [0.15, 0.2) is 0 Å². The van der Waals surface area contributed by atoms with E-state index in [1.807, 2.05) is 0 Å². The third-order valence-electron chi connectivity index (χ3n) is 12.5. The molecule has 11 nitrogen and oxygen atoms in total. The quantitative estimate of drug-likeness (QED) is 0.0261. The van der Waals surface area contributed by atoms with Gasteiger partial charge in [0.25, 0.3) is 0 Å². The lowest BCUT2D eigenvalue weighted by Gasteiger charge is -2.30. The van der Waals surface area contributed by atoms with E-state index in [-0.39, 0.29) is 98.4 Å². The van der Waals surface area contributed by atoms with E-state index in [0.717, 1.165) is 116 Å². The van der Waals surface area contributed by atoms with Crippen molar-refractivity contribution in [3.05, 3.63) is 12.2 Å². The number of nitrogens with zero attached hydrogens (tertiary/aromatic N) is 1. The van der Waals surface area contributed by atoms with Crippen molar-refractivity contribution in [2.45, 2.75) is 213 Å². The minimum Gasteiger partial charge on any atom is -0.466 e. The van der Waals surface area contributed by atoms with Gasteiger partial charge in [-0.15, -0.1) is 0 Å². The Labute approximate surface area is 370 Å². The van der Waals surface area contributed by atoms with Gasteiger partial charge in [-0.25, -0.2) is 0 Å². The van der Waals surface area contributed by atoms with Crippen molar-refractivity contribution < 1.29 is 47.7 Å². The molecule has 4 atom stereocenters. The van der Waals surface area contributed by atoms with Crippen LogP contribution in [0, 0.1) is 23.7 Å². The van der Waals surface area contributed by atoms with Crippen molar-refractivity contribution in [2.24, 2.45) is 23.7 Å². The lowest BCUT2D eigenvalue weighted by atomic mass is 9.88. The van der Waals surface area contributed by atoms with Gasteiger partial charge in [0, 0.05) is 43.9 Å². The zero-order chi connectivity index (χ0) is 44.5. The zero-order valence-electron chi connectivity index (χ0n) is 39.3. The molecule has 2 aliphatic rings. The van der Waals surface area contributed by atoms with E-state index in [1.165, 1.54) is 19.3 Å². The lowest BCUT2D eigenvalue weighted by Crippen LogP contribution is -2.36. The highest BCUT2D eigenvalue weighted by Crippen LogP contribution is 2.40. The van der Waals surface area contributed by atoms with Gasteiger partial charge in [-0.3, -0.25) is 24.0 Å². The molecule has 0 amide bonds. The maximum Gasteiger partial charge on any atom is 0.309 e. The number of hydrogen-bond acceptors (Lipinski definition) is 11. The standard InChI is InChI=1S/C50H87NO10/c1-6-10-14-15-16-20-24-43(60-48(54)28-22-21-23-40(38-58-46(52)26-18-12-8-3)39-59-47(53)27-19-13-9-4)33-36-57-49(55)37-42-29-30-45(44(42)25-17-11-7-2)61-50(56)41-31-34-51(5)35-32-41/h11,17,40-45H,6-10,12-16,18-39H2,1-5H3/b17-11-. The SMILES string of the molecule is CC/C=C\CC1C(CC(=O)OCCC(CCCCCCCC)OC(=O)CCCCC(COC(=O)CCCCC)COC(=O)CCCCC)CCC1OC(=O)C1CCN(C)CC1. The summed E-state index contributed by atoms with van der Waals surface area (Å²) in [6, 6.07) is 0. The third-order valence-corrected chi connectivity index (χ3v) is 12.5. The van der Waals surface area contributed by atoms with Crippen LogP contribution in [0.5, 0.6) is 0 Å². The fraction of sp³-hybridized carbons (Fsp3) is 0.860. The van der Waals surface area contributed by atoms with E-state index in [0.29, 0.717) is 38.5 Å². The number of esters is 5. The highest BCUT2D eigenvalue weighted by molar-refractivity contribution is 5.73. The maximum atomic E-state index is 13.2. The van der Waals surface area contributed by atoms with Crippen molar-refractivity contribution in [1.29, 1.82) is 0 Å². The number of likely N-dealkylation sites (tertiary alicyclic amines) is 1. The second-order valence-electron chi connectivity index (χ2n) is 17.9. The van der Waals surface area contributed by atoms with Crippen molar-refractivity contribution in [2.75, 3.05) is 40.0 Å². The van der Waals surface area contributed by atoms with Gasteiger partial charge in [0.05, 0.1) is 25.7 Å². The van der Waals surface area contributed by atoms with Gasteiger partial charge in [0.1, 0.15) is 12.2 Å². The first-order chi connectivity index (χ1) is 29.6. The predicted molar refractivity (Wildman–Crippen MR) is 241 cm³/mol. The fourth-order valence-corrected chi connectivity index (χ4v) is 8.52. The van der Waals surface area contributed by atoms with E-state index in [9.17, 15) is 24.0 Å². The summed E-state index contributed by atoms with van der Waals surface area (Å²) >= 11 is 0. The summed E-state index contributed by atoms with van der Waals surface area (Å²) in [4.78, 5) is 66.4. The Balaban J connectivity index is 1.89. The molecule has 0 bridgehead atoms. The minimum atomic E-state index is -0.333. The monoisotopic (exact) mass is 862 g/mol. The van der Waals surface area contributed by atoms with Crippen LogP contribution in [0.25, 0.3) is 0 Å². The Hall–Kier alpha value is -2.95. The summed E-state index contributed by atoms with van der Waals surface area (Å²) in [6.07, 6.45) is 25.5. The Kier molecular flexibility index (Phi) is 30.7. The number of ether oxygens (including phenoxy) is 5. The summed E-state index contributed by atoms with van der Waals surface area (Å²) < 4.78 is 29.1. The average Bonchev–Trinajstić information content (AvgIpc) is 3.61. The van der Waals surface area contributed by atoms with Crippen LogP contribution in [-0.2, 0) is 47.7 Å². The smallest absolute Gasteiger partial charge is 0.309 e. The van der Waals surface area contributed by atoms with Crippen LogP contribution in [0.15, 0.2) is 12.2 Å². The van der Waals surface area contributed by atoms with Crippen LogP contribution in [-0.4, -0.2) is 86.9 Å². The first-order valence-corrected chi connectivity index (χ1v) is 24.8. The summed E-state index contributed by atoms with van der Waals surface area (Å²) in [5.41, 5.74) is 0. The molecule has 0 spiro atoms. The molecule has 0 aromatic carbocycles. The molecule has 1 saturated heterocycles. The molecule has 2 rings (SSSR count). The summed E-state index contributed by atoms with van der Waals surface area (Å²) in [7, 11) is 2.08. The Bertz CT molecular complexity index is 1200. The second kappa shape index (κ2) is 34.5. The van der Waals surface area contributed by atoms with Gasteiger partial charge in [-0.2, -0.15) is 0 Å². The molecule has 61 heavy (non-hydrogen) atoms. The highest BCUT2D eigenvalue weighted by atomic mass is 16.6. The van der Waals surface area contributed by atoms with Crippen LogP contribution in [0.3, 0.4) is 0 Å². The molecule has 1 saturated carbocycles. The number of piperidine rings is 1. The molecule has 0 radical (unpaired) electrons. The van der Waals surface area contributed by atoms with Crippen LogP contribution in [0.1, 0.15) is 201 Å². The predicted octanol–water partition coefficient (Wildman–Crippen LogP) is 11.0. The molecule has 11 heteroatoms. The topological polar surface area (TPSA) is 135 Å².